The summed E-state index contributed by atoms with van der Waals surface area (Å²) in [4.78, 5) is 0. The lowest BCUT2D eigenvalue weighted by Gasteiger charge is -2.41. The summed E-state index contributed by atoms with van der Waals surface area (Å²) in [6, 6.07) is 10.2. The molecule has 1 aliphatic heterocycles. The van der Waals surface area contributed by atoms with E-state index in [1.165, 1.54) is 32.1 Å². The lowest BCUT2D eigenvalue weighted by atomic mass is 9.78. The van der Waals surface area contributed by atoms with Crippen molar-refractivity contribution < 1.29 is 5.11 Å². The molecule has 22 heavy (non-hydrogen) atoms. The molecular formula is C19H22N2O. The molecule has 2 aliphatic rings. The van der Waals surface area contributed by atoms with Crippen LogP contribution >= 0.6 is 0 Å². The summed E-state index contributed by atoms with van der Waals surface area (Å²) in [5.41, 5.74) is 2.14. The molecule has 0 radical (unpaired) electrons. The van der Waals surface area contributed by atoms with Crippen LogP contribution in [0.5, 0.6) is 0 Å². The van der Waals surface area contributed by atoms with E-state index in [9.17, 15) is 5.11 Å². The van der Waals surface area contributed by atoms with E-state index in [1.54, 1.807) is 0 Å². The van der Waals surface area contributed by atoms with Crippen LogP contribution in [0, 0.1) is 29.1 Å². The second kappa shape index (κ2) is 6.97. The van der Waals surface area contributed by atoms with Gasteiger partial charge in [-0.3, -0.25) is 5.32 Å². The number of aliphatic hydroxyl groups is 1. The fourth-order valence-corrected chi connectivity index (χ4v) is 3.48. The lowest BCUT2D eigenvalue weighted by Crippen LogP contribution is -2.60. The number of nitrogens with one attached hydrogen (secondary N) is 1. The Morgan fingerprint density at radius 1 is 1.14 bits per heavy atom. The number of nitriles is 1. The van der Waals surface area contributed by atoms with Gasteiger partial charge in [-0.15, -0.1) is 0 Å². The molecule has 3 rings (SSSR count). The van der Waals surface area contributed by atoms with Crippen LogP contribution in [0.4, 0.5) is 0 Å². The smallest absolute Gasteiger partial charge is 0.104 e. The third-order valence-electron chi connectivity index (χ3n) is 4.84. The van der Waals surface area contributed by atoms with Gasteiger partial charge in [0.05, 0.1) is 12.7 Å². The second-order valence-corrected chi connectivity index (χ2v) is 6.31. The van der Waals surface area contributed by atoms with Gasteiger partial charge in [0.25, 0.3) is 0 Å². The van der Waals surface area contributed by atoms with Crippen molar-refractivity contribution in [1.82, 2.24) is 5.32 Å². The first-order chi connectivity index (χ1) is 10.8. The predicted octanol–water partition coefficient (Wildman–Crippen LogP) is 2.56. The van der Waals surface area contributed by atoms with Crippen molar-refractivity contribution >= 4 is 0 Å². The van der Waals surface area contributed by atoms with Gasteiger partial charge in [-0.25, -0.2) is 0 Å². The van der Waals surface area contributed by atoms with Gasteiger partial charge in [-0.2, -0.15) is 5.26 Å². The summed E-state index contributed by atoms with van der Waals surface area (Å²) in [7, 11) is 0. The highest BCUT2D eigenvalue weighted by atomic mass is 16.3. The number of hydrogen-bond donors (Lipinski definition) is 2. The molecule has 114 valence electrons. The fraction of sp³-hybridized carbons (Fsp3) is 0.526. The highest BCUT2D eigenvalue weighted by Gasteiger charge is 2.40. The van der Waals surface area contributed by atoms with Crippen molar-refractivity contribution in [1.29, 1.82) is 5.26 Å². The van der Waals surface area contributed by atoms with Crippen LogP contribution in [0.25, 0.3) is 0 Å². The van der Waals surface area contributed by atoms with Gasteiger partial charge in [0.1, 0.15) is 6.04 Å². The molecule has 1 saturated heterocycles. The molecule has 1 saturated carbocycles. The monoisotopic (exact) mass is 294 g/mol. The van der Waals surface area contributed by atoms with Crippen LogP contribution in [0.3, 0.4) is 0 Å². The summed E-state index contributed by atoms with van der Waals surface area (Å²) in [5, 5.41) is 21.5. The van der Waals surface area contributed by atoms with Crippen LogP contribution in [0.15, 0.2) is 24.3 Å². The molecular weight excluding hydrogens is 272 g/mol. The van der Waals surface area contributed by atoms with E-state index in [0.717, 1.165) is 11.1 Å². The van der Waals surface area contributed by atoms with Gasteiger partial charge in [0.15, 0.2) is 0 Å². The summed E-state index contributed by atoms with van der Waals surface area (Å²) < 4.78 is 0. The van der Waals surface area contributed by atoms with Gasteiger partial charge in [-0.1, -0.05) is 43.2 Å². The van der Waals surface area contributed by atoms with Crippen LogP contribution in [-0.4, -0.2) is 23.8 Å². The minimum absolute atomic E-state index is 0.0103. The third-order valence-corrected chi connectivity index (χ3v) is 4.84. The Hall–Kier alpha value is -1.81. The summed E-state index contributed by atoms with van der Waals surface area (Å²) in [6.45, 7) is 0.0616. The maximum Gasteiger partial charge on any atom is 0.104 e. The van der Waals surface area contributed by atoms with Gasteiger partial charge in [0.2, 0.25) is 0 Å². The Morgan fingerprint density at radius 2 is 1.86 bits per heavy atom. The molecule has 0 spiro atoms. The van der Waals surface area contributed by atoms with E-state index in [-0.39, 0.29) is 24.6 Å². The molecule has 1 aromatic rings. The second-order valence-electron chi connectivity index (χ2n) is 6.31. The van der Waals surface area contributed by atoms with Crippen LogP contribution < -0.4 is 5.32 Å². The summed E-state index contributed by atoms with van der Waals surface area (Å²) in [6.07, 6.45) is 6.45. The van der Waals surface area contributed by atoms with Crippen molar-refractivity contribution in [2.75, 3.05) is 6.61 Å². The first-order valence-electron chi connectivity index (χ1n) is 8.20. The normalized spacial score (nSPS) is 28.1. The third kappa shape index (κ3) is 3.17. The molecule has 0 aromatic heterocycles. The Labute approximate surface area is 132 Å². The number of benzene rings is 1. The summed E-state index contributed by atoms with van der Waals surface area (Å²) in [5.74, 6) is 7.33. The number of nitrogens with zero attached hydrogens (tertiary/aromatic N) is 1. The molecule has 0 unspecified atom stereocenters. The van der Waals surface area contributed by atoms with Crippen molar-refractivity contribution in [2.45, 2.75) is 50.1 Å². The molecule has 0 bridgehead atoms. The molecule has 3 nitrogen and oxygen atoms in total. The Kier molecular flexibility index (Phi) is 4.78. The predicted molar refractivity (Wildman–Crippen MR) is 86.0 cm³/mol. The molecule has 1 aliphatic carbocycles. The van der Waals surface area contributed by atoms with Gasteiger partial charge >= 0.3 is 0 Å². The van der Waals surface area contributed by atoms with Crippen molar-refractivity contribution in [2.24, 2.45) is 5.92 Å². The van der Waals surface area contributed by atoms with E-state index >= 15 is 0 Å². The maximum atomic E-state index is 9.32. The number of hydrogen-bond acceptors (Lipinski definition) is 3. The van der Waals surface area contributed by atoms with Crippen LogP contribution in [-0.2, 0) is 0 Å². The zero-order valence-corrected chi connectivity index (χ0v) is 12.8. The molecule has 1 aromatic carbocycles. The maximum absolute atomic E-state index is 9.32. The first kappa shape index (κ1) is 15.1. The average molecular weight is 294 g/mol. The molecule has 1 heterocycles. The highest BCUT2D eigenvalue weighted by Crippen LogP contribution is 2.31. The SMILES string of the molecule is N#C[C@H]1N[C@@H](CO)[C@@H]1c1ccc(C#CC2CCCCC2)cc1. The lowest BCUT2D eigenvalue weighted by molar-refractivity contribution is 0.151. The van der Waals surface area contributed by atoms with E-state index < -0.39 is 0 Å². The van der Waals surface area contributed by atoms with Crippen LogP contribution in [0.2, 0.25) is 0 Å². The van der Waals surface area contributed by atoms with Gasteiger partial charge in [-0.05, 0) is 30.5 Å². The minimum Gasteiger partial charge on any atom is -0.395 e. The topological polar surface area (TPSA) is 56.0 Å². The van der Waals surface area contributed by atoms with Crippen LogP contribution in [0.1, 0.15) is 49.1 Å². The quantitative estimate of drug-likeness (QED) is 0.824. The van der Waals surface area contributed by atoms with Gasteiger partial charge < -0.3 is 5.11 Å². The fourth-order valence-electron chi connectivity index (χ4n) is 3.48. The zero-order valence-electron chi connectivity index (χ0n) is 12.8. The van der Waals surface area contributed by atoms with Crippen molar-refractivity contribution in [3.63, 3.8) is 0 Å². The molecule has 3 heteroatoms. The molecule has 0 amide bonds. The standard InChI is InChI=1S/C19H22N2O/c20-12-17-19(18(13-22)21-17)16-10-8-15(9-11-16)7-6-14-4-2-1-3-5-14/h8-11,14,17-19,21-22H,1-5,13H2/t17-,18+,19-/m1/s1. The Bertz CT molecular complexity index is 599. The number of aliphatic hydroxyl groups excluding tert-OH is 1. The van der Waals surface area contributed by atoms with E-state index in [4.69, 9.17) is 5.26 Å². The van der Waals surface area contributed by atoms with Gasteiger partial charge in [0, 0.05) is 23.4 Å². The summed E-state index contributed by atoms with van der Waals surface area (Å²) >= 11 is 0. The first-order valence-corrected chi connectivity index (χ1v) is 8.20. The molecule has 2 N–H and O–H groups in total. The minimum atomic E-state index is -0.198. The van der Waals surface area contributed by atoms with Crippen molar-refractivity contribution in [3.8, 4) is 17.9 Å². The largest absolute Gasteiger partial charge is 0.395 e. The molecule has 2 fully saturated rings. The average Bonchev–Trinajstić information content (AvgIpc) is 2.55. The Balaban J connectivity index is 1.68. The Morgan fingerprint density at radius 3 is 2.50 bits per heavy atom. The van der Waals surface area contributed by atoms with E-state index in [1.807, 2.05) is 24.3 Å². The zero-order chi connectivity index (χ0) is 15.4. The van der Waals surface area contributed by atoms with E-state index in [0.29, 0.717) is 5.92 Å². The number of rotatable bonds is 2. The van der Waals surface area contributed by atoms with Crippen molar-refractivity contribution in [3.05, 3.63) is 35.4 Å². The van der Waals surface area contributed by atoms with E-state index in [2.05, 4.69) is 23.2 Å². The molecule has 3 atom stereocenters. The highest BCUT2D eigenvalue weighted by molar-refractivity contribution is 5.40.